The number of carbonyl (C=O) groups excluding carboxylic acids is 2. The Balaban J connectivity index is 1.72. The van der Waals surface area contributed by atoms with E-state index in [2.05, 4.69) is 10.1 Å². The highest BCUT2D eigenvalue weighted by Crippen LogP contribution is 2.29. The van der Waals surface area contributed by atoms with Gasteiger partial charge in [0.05, 0.1) is 0 Å². The van der Waals surface area contributed by atoms with Gasteiger partial charge in [0.1, 0.15) is 11.8 Å². The third-order valence-corrected chi connectivity index (χ3v) is 4.38. The number of aryl methyl sites for hydroxylation is 1. The summed E-state index contributed by atoms with van der Waals surface area (Å²) < 4.78 is 41.1. The van der Waals surface area contributed by atoms with Crippen molar-refractivity contribution in [1.29, 1.82) is 0 Å². The predicted octanol–water partition coefficient (Wildman–Crippen LogP) is 3.01. The summed E-state index contributed by atoms with van der Waals surface area (Å²) in [6, 6.07) is 9.29. The van der Waals surface area contributed by atoms with Gasteiger partial charge in [-0.15, -0.1) is 13.2 Å². The molecule has 2 aromatic carbocycles. The molecule has 1 atom stereocenters. The number of ether oxygens (including phenoxy) is 1. The van der Waals surface area contributed by atoms with Gasteiger partial charge in [0, 0.05) is 29.5 Å². The molecule has 9 heteroatoms. The molecule has 2 amide bonds. The molecule has 1 heterocycles. The molecule has 0 aromatic heterocycles. The summed E-state index contributed by atoms with van der Waals surface area (Å²) in [7, 11) is 0. The van der Waals surface area contributed by atoms with Gasteiger partial charge in [-0.05, 0) is 43.2 Å². The summed E-state index contributed by atoms with van der Waals surface area (Å²) in [6.45, 7) is 2.01. The summed E-state index contributed by atoms with van der Waals surface area (Å²) in [4.78, 5) is 26.5. The predicted molar refractivity (Wildman–Crippen MR) is 96.9 cm³/mol. The van der Waals surface area contributed by atoms with Crippen LogP contribution in [0.4, 0.5) is 24.5 Å². The molecule has 3 N–H and O–H groups in total. The first kappa shape index (κ1) is 19.5. The Morgan fingerprint density at radius 1 is 1.25 bits per heavy atom. The smallest absolute Gasteiger partial charge is 0.406 e. The number of amides is 2. The molecule has 0 bridgehead atoms. The molecular weight excluding hydrogens is 375 g/mol. The number of benzene rings is 2. The quantitative estimate of drug-likeness (QED) is 0.782. The third kappa shape index (κ3) is 4.36. The van der Waals surface area contributed by atoms with Crippen molar-refractivity contribution in [3.05, 3.63) is 53.6 Å². The number of rotatable bonds is 4. The molecule has 3 rings (SSSR count). The van der Waals surface area contributed by atoms with Gasteiger partial charge in [-0.2, -0.15) is 0 Å². The van der Waals surface area contributed by atoms with Crippen molar-refractivity contribution in [2.75, 3.05) is 17.2 Å². The van der Waals surface area contributed by atoms with E-state index in [9.17, 15) is 22.8 Å². The first-order valence-corrected chi connectivity index (χ1v) is 8.48. The maximum atomic E-state index is 12.6. The van der Waals surface area contributed by atoms with Gasteiger partial charge in [0.25, 0.3) is 5.91 Å². The van der Waals surface area contributed by atoms with Crippen LogP contribution in [0.2, 0.25) is 0 Å². The highest BCUT2D eigenvalue weighted by molar-refractivity contribution is 6.04. The lowest BCUT2D eigenvalue weighted by Gasteiger charge is -2.19. The van der Waals surface area contributed by atoms with Gasteiger partial charge in [0.2, 0.25) is 5.91 Å². The average molecular weight is 393 g/mol. The molecule has 0 spiro atoms. The number of alkyl halides is 3. The van der Waals surface area contributed by atoms with E-state index in [1.165, 1.54) is 23.1 Å². The van der Waals surface area contributed by atoms with Crippen LogP contribution in [0.3, 0.4) is 0 Å². The maximum Gasteiger partial charge on any atom is 0.573 e. The second-order valence-corrected chi connectivity index (χ2v) is 6.42. The first-order valence-electron chi connectivity index (χ1n) is 8.48. The summed E-state index contributed by atoms with van der Waals surface area (Å²) in [5, 5.41) is 2.67. The van der Waals surface area contributed by atoms with Crippen LogP contribution in [-0.4, -0.2) is 30.8 Å². The standard InChI is InChI=1S/C19H18F3N3O3/c1-11-5-6-12(23)9-15(11)17(26)24-16-7-8-25(18(16)27)13-3-2-4-14(10-13)28-19(20,21)22/h2-6,9-10,16H,7-8,23H2,1H3,(H,24,26). The van der Waals surface area contributed by atoms with Crippen molar-refractivity contribution in [2.45, 2.75) is 25.7 Å². The van der Waals surface area contributed by atoms with Crippen molar-refractivity contribution in [2.24, 2.45) is 0 Å². The van der Waals surface area contributed by atoms with Crippen LogP contribution in [0.1, 0.15) is 22.3 Å². The Hall–Kier alpha value is -3.23. The lowest BCUT2D eigenvalue weighted by molar-refractivity contribution is -0.274. The fourth-order valence-corrected chi connectivity index (χ4v) is 3.04. The molecule has 1 fully saturated rings. The Bertz CT molecular complexity index is 915. The number of hydrogen-bond acceptors (Lipinski definition) is 4. The number of nitrogen functional groups attached to an aromatic ring is 1. The Kier molecular flexibility index (Phi) is 5.17. The highest BCUT2D eigenvalue weighted by Gasteiger charge is 2.35. The molecule has 2 aromatic rings. The number of anilines is 2. The van der Waals surface area contributed by atoms with E-state index in [4.69, 9.17) is 5.73 Å². The summed E-state index contributed by atoms with van der Waals surface area (Å²) in [5.74, 6) is -1.25. The van der Waals surface area contributed by atoms with Crippen LogP contribution in [0.15, 0.2) is 42.5 Å². The fourth-order valence-electron chi connectivity index (χ4n) is 3.04. The molecule has 0 aliphatic carbocycles. The number of carbonyl (C=O) groups is 2. The number of halogens is 3. The van der Waals surface area contributed by atoms with Crippen molar-refractivity contribution in [3.8, 4) is 5.75 Å². The number of nitrogens with zero attached hydrogens (tertiary/aromatic N) is 1. The van der Waals surface area contributed by atoms with Crippen LogP contribution in [-0.2, 0) is 4.79 Å². The number of nitrogens with two attached hydrogens (primary N) is 1. The molecule has 1 aliphatic rings. The van der Waals surface area contributed by atoms with Gasteiger partial charge < -0.3 is 20.7 Å². The monoisotopic (exact) mass is 393 g/mol. The Morgan fingerprint density at radius 3 is 2.71 bits per heavy atom. The molecule has 1 saturated heterocycles. The molecule has 0 radical (unpaired) electrons. The minimum atomic E-state index is -4.82. The fraction of sp³-hybridized carbons (Fsp3) is 0.263. The minimum absolute atomic E-state index is 0.259. The van der Waals surface area contributed by atoms with Crippen LogP contribution >= 0.6 is 0 Å². The van der Waals surface area contributed by atoms with Crippen LogP contribution in [0.5, 0.6) is 5.75 Å². The van der Waals surface area contributed by atoms with Crippen molar-refractivity contribution in [1.82, 2.24) is 5.32 Å². The van der Waals surface area contributed by atoms with Crippen molar-refractivity contribution in [3.63, 3.8) is 0 Å². The van der Waals surface area contributed by atoms with E-state index < -0.39 is 30.0 Å². The molecule has 0 saturated carbocycles. The van der Waals surface area contributed by atoms with Crippen LogP contribution < -0.4 is 20.7 Å². The maximum absolute atomic E-state index is 12.6. The van der Waals surface area contributed by atoms with Crippen LogP contribution in [0, 0.1) is 6.92 Å². The average Bonchev–Trinajstić information content (AvgIpc) is 2.96. The van der Waals surface area contributed by atoms with E-state index in [1.807, 2.05) is 0 Å². The molecule has 1 unspecified atom stereocenters. The highest BCUT2D eigenvalue weighted by atomic mass is 19.4. The van der Waals surface area contributed by atoms with Crippen LogP contribution in [0.25, 0.3) is 0 Å². The zero-order valence-electron chi connectivity index (χ0n) is 14.9. The molecular formula is C19H18F3N3O3. The molecule has 148 valence electrons. The summed E-state index contributed by atoms with van der Waals surface area (Å²) >= 11 is 0. The van der Waals surface area contributed by atoms with Gasteiger partial charge in [-0.1, -0.05) is 12.1 Å². The largest absolute Gasteiger partial charge is 0.573 e. The van der Waals surface area contributed by atoms with Gasteiger partial charge in [0.15, 0.2) is 0 Å². The third-order valence-electron chi connectivity index (χ3n) is 4.38. The zero-order valence-corrected chi connectivity index (χ0v) is 14.9. The lowest BCUT2D eigenvalue weighted by atomic mass is 10.1. The van der Waals surface area contributed by atoms with Gasteiger partial charge in [-0.3, -0.25) is 9.59 Å². The summed E-state index contributed by atoms with van der Waals surface area (Å²) in [5.41, 5.74) is 7.49. The Morgan fingerprint density at radius 2 is 2.00 bits per heavy atom. The Labute approximate surface area is 159 Å². The van der Waals surface area contributed by atoms with E-state index in [0.717, 1.165) is 12.1 Å². The van der Waals surface area contributed by atoms with E-state index >= 15 is 0 Å². The molecule has 6 nitrogen and oxygen atoms in total. The van der Waals surface area contributed by atoms with Gasteiger partial charge in [-0.25, -0.2) is 0 Å². The number of hydrogen-bond donors (Lipinski definition) is 2. The zero-order chi connectivity index (χ0) is 20.5. The lowest BCUT2D eigenvalue weighted by Crippen LogP contribution is -2.41. The second kappa shape index (κ2) is 7.41. The normalized spacial score (nSPS) is 16.9. The minimum Gasteiger partial charge on any atom is -0.406 e. The molecule has 28 heavy (non-hydrogen) atoms. The van der Waals surface area contributed by atoms with Gasteiger partial charge >= 0.3 is 6.36 Å². The van der Waals surface area contributed by atoms with Crippen molar-refractivity contribution >= 4 is 23.2 Å². The summed E-state index contributed by atoms with van der Waals surface area (Å²) in [6.07, 6.45) is -4.49. The SMILES string of the molecule is Cc1ccc(N)cc1C(=O)NC1CCN(c2cccc(OC(F)(F)F)c2)C1=O. The first-order chi connectivity index (χ1) is 13.1. The number of nitrogens with one attached hydrogen (secondary N) is 1. The van der Waals surface area contributed by atoms with E-state index in [1.54, 1.807) is 19.1 Å². The second-order valence-electron chi connectivity index (χ2n) is 6.42. The molecule has 1 aliphatic heterocycles. The van der Waals surface area contributed by atoms with E-state index in [-0.39, 0.29) is 12.2 Å². The van der Waals surface area contributed by atoms with Crippen molar-refractivity contribution < 1.29 is 27.5 Å². The topological polar surface area (TPSA) is 84.7 Å². The van der Waals surface area contributed by atoms with E-state index in [0.29, 0.717) is 23.2 Å².